The van der Waals surface area contributed by atoms with Crippen molar-refractivity contribution in [3.8, 4) is 0 Å². The van der Waals surface area contributed by atoms with Crippen molar-refractivity contribution in [1.82, 2.24) is 0 Å². The third kappa shape index (κ3) is 4.85. The zero-order valence-corrected chi connectivity index (χ0v) is 24.0. The molecule has 2 atom stereocenters. The summed E-state index contributed by atoms with van der Waals surface area (Å²) in [7, 11) is 0. The molecule has 2 unspecified atom stereocenters. The van der Waals surface area contributed by atoms with E-state index in [2.05, 4.69) is 104 Å². The first-order valence-corrected chi connectivity index (χ1v) is 13.7. The summed E-state index contributed by atoms with van der Waals surface area (Å²) >= 11 is -0.757. The van der Waals surface area contributed by atoms with Gasteiger partial charge in [-0.05, 0) is 0 Å². The molecule has 0 spiro atoms. The second-order valence-corrected chi connectivity index (χ2v) is 14.6. The second kappa shape index (κ2) is 9.32. The van der Waals surface area contributed by atoms with Crippen molar-refractivity contribution >= 4 is 12.2 Å². The van der Waals surface area contributed by atoms with E-state index in [1.54, 1.807) is 22.3 Å². The first-order chi connectivity index (χ1) is 13.5. The van der Waals surface area contributed by atoms with E-state index in [9.17, 15) is 0 Å². The van der Waals surface area contributed by atoms with Gasteiger partial charge in [0.25, 0.3) is 0 Å². The summed E-state index contributed by atoms with van der Waals surface area (Å²) < 4.78 is 1.38. The van der Waals surface area contributed by atoms with Crippen LogP contribution in [0.15, 0.2) is 47.5 Å². The van der Waals surface area contributed by atoms with Crippen LogP contribution in [0.5, 0.6) is 0 Å². The van der Waals surface area contributed by atoms with Gasteiger partial charge in [-0.2, -0.15) is 0 Å². The molecule has 3 heteroatoms. The minimum Gasteiger partial charge on any atom is -1.00 e. The van der Waals surface area contributed by atoms with Gasteiger partial charge in [0.2, 0.25) is 0 Å². The number of allylic oxidation sites excluding steroid dienone is 2. The molecule has 0 radical (unpaired) electrons. The number of benzene rings is 2. The molecule has 164 valence electrons. The molecule has 0 aliphatic heterocycles. The van der Waals surface area contributed by atoms with Crippen molar-refractivity contribution in [3.63, 3.8) is 0 Å². The summed E-state index contributed by atoms with van der Waals surface area (Å²) in [6.07, 6.45) is 5.00. The largest absolute Gasteiger partial charge is 1.00 e. The predicted octanol–water partition coefficient (Wildman–Crippen LogP) is 1.99. The summed E-state index contributed by atoms with van der Waals surface area (Å²) in [5.74, 6) is 0. The summed E-state index contributed by atoms with van der Waals surface area (Å²) in [6, 6.07) is 14.1. The number of halogens is 2. The Balaban J connectivity index is 0.00000171. The number of hydrogen-bond acceptors (Lipinski definition) is 0. The average molecular weight is 533 g/mol. The molecule has 31 heavy (non-hydrogen) atoms. The zero-order valence-electron chi connectivity index (χ0n) is 20.0. The Morgan fingerprint density at radius 3 is 1.29 bits per heavy atom. The Hall–Kier alpha value is -0.617. The van der Waals surface area contributed by atoms with E-state index >= 15 is 0 Å². The topological polar surface area (TPSA) is 0 Å². The molecule has 0 bridgehead atoms. The standard InChI is InChI=1S/2C14H17.2ClH.Zr/c2*1-10-8-11-6-5-7-13(12(11)9-10)14(2,3)4;;;/h2*5-9H,1-4H3;2*1H;/q;;;;+2/p-2. The fraction of sp³-hybridized carbons (Fsp3) is 0.429. The minimum atomic E-state index is -0.757. The molecular formula is C28H34Cl2Zr. The van der Waals surface area contributed by atoms with E-state index in [4.69, 9.17) is 0 Å². The summed E-state index contributed by atoms with van der Waals surface area (Å²) in [5.41, 5.74) is 12.8. The average Bonchev–Trinajstić information content (AvgIpc) is 3.10. The van der Waals surface area contributed by atoms with E-state index in [0.29, 0.717) is 7.25 Å². The van der Waals surface area contributed by atoms with Gasteiger partial charge in [0.15, 0.2) is 0 Å². The van der Waals surface area contributed by atoms with Gasteiger partial charge < -0.3 is 24.8 Å². The van der Waals surface area contributed by atoms with E-state index in [-0.39, 0.29) is 35.6 Å². The van der Waals surface area contributed by atoms with Gasteiger partial charge in [0.05, 0.1) is 0 Å². The third-order valence-electron chi connectivity index (χ3n) is 6.51. The second-order valence-electron chi connectivity index (χ2n) is 10.9. The number of rotatable bonds is 2. The van der Waals surface area contributed by atoms with Crippen LogP contribution in [0.3, 0.4) is 0 Å². The normalized spacial score (nSPS) is 19.4. The van der Waals surface area contributed by atoms with Crippen LogP contribution < -0.4 is 24.8 Å². The SMILES string of the molecule is CC1=Cc2c(cccc2C(C)(C)C)[CH]1[Zr+2][CH]1C(C)=Cc2c1cccc2C(C)(C)C.[Cl-].[Cl-]. The Kier molecular flexibility index (Phi) is 8.01. The van der Waals surface area contributed by atoms with Crippen molar-refractivity contribution in [2.24, 2.45) is 0 Å². The van der Waals surface area contributed by atoms with Gasteiger partial charge in [-0.1, -0.05) is 0 Å². The Labute approximate surface area is 213 Å². The molecule has 2 aromatic rings. The molecule has 0 amide bonds. The zero-order chi connectivity index (χ0) is 21.1. The molecule has 0 N–H and O–H groups in total. The van der Waals surface area contributed by atoms with Crippen LogP contribution in [0, 0.1) is 0 Å². The maximum atomic E-state index is 2.50. The van der Waals surface area contributed by atoms with E-state index < -0.39 is 23.2 Å². The summed E-state index contributed by atoms with van der Waals surface area (Å²) in [5, 5.41) is 0. The minimum absolute atomic E-state index is 0. The van der Waals surface area contributed by atoms with E-state index in [1.165, 1.54) is 22.3 Å². The first kappa shape index (κ1) is 26.6. The molecule has 0 aromatic heterocycles. The van der Waals surface area contributed by atoms with Crippen molar-refractivity contribution in [1.29, 1.82) is 0 Å². The molecule has 2 aromatic carbocycles. The Morgan fingerprint density at radius 1 is 0.613 bits per heavy atom. The molecular weight excluding hydrogens is 498 g/mol. The molecule has 4 rings (SSSR count). The maximum absolute atomic E-state index is 2.50. The molecule has 2 aliphatic rings. The molecule has 0 nitrogen and oxygen atoms in total. The van der Waals surface area contributed by atoms with Crippen LogP contribution in [0.25, 0.3) is 12.2 Å². The van der Waals surface area contributed by atoms with Crippen molar-refractivity contribution in [2.75, 3.05) is 0 Å². The molecule has 0 saturated carbocycles. The van der Waals surface area contributed by atoms with Crippen LogP contribution in [-0.2, 0) is 34.1 Å². The van der Waals surface area contributed by atoms with Gasteiger partial charge in [-0.25, -0.2) is 0 Å². The van der Waals surface area contributed by atoms with Gasteiger partial charge >= 0.3 is 190 Å². The van der Waals surface area contributed by atoms with Crippen LogP contribution >= 0.6 is 0 Å². The van der Waals surface area contributed by atoms with Gasteiger partial charge in [0.1, 0.15) is 0 Å². The summed E-state index contributed by atoms with van der Waals surface area (Å²) in [4.78, 5) is 0. The monoisotopic (exact) mass is 530 g/mol. The van der Waals surface area contributed by atoms with Gasteiger partial charge in [-0.3, -0.25) is 0 Å². The van der Waals surface area contributed by atoms with Crippen LogP contribution in [0.4, 0.5) is 0 Å². The number of hydrogen-bond donors (Lipinski definition) is 0. The quantitative estimate of drug-likeness (QED) is 0.555. The van der Waals surface area contributed by atoms with Crippen LogP contribution in [-0.4, -0.2) is 0 Å². The van der Waals surface area contributed by atoms with Crippen molar-refractivity contribution in [2.45, 2.75) is 73.5 Å². The van der Waals surface area contributed by atoms with E-state index in [1.807, 2.05) is 0 Å². The van der Waals surface area contributed by atoms with Gasteiger partial charge in [0, 0.05) is 0 Å². The van der Waals surface area contributed by atoms with Gasteiger partial charge in [-0.15, -0.1) is 0 Å². The third-order valence-corrected chi connectivity index (χ3v) is 11.9. The predicted molar refractivity (Wildman–Crippen MR) is 123 cm³/mol. The molecule has 0 heterocycles. The van der Waals surface area contributed by atoms with Crippen LogP contribution in [0.1, 0.15) is 96.0 Å². The first-order valence-electron chi connectivity index (χ1n) is 10.9. The fourth-order valence-electron chi connectivity index (χ4n) is 5.02. The van der Waals surface area contributed by atoms with Crippen LogP contribution in [0.2, 0.25) is 0 Å². The molecule has 2 aliphatic carbocycles. The fourth-order valence-corrected chi connectivity index (χ4v) is 9.66. The van der Waals surface area contributed by atoms with E-state index in [0.717, 1.165) is 0 Å². The van der Waals surface area contributed by atoms with Crippen molar-refractivity contribution < 1.29 is 48.0 Å². The molecule has 0 fully saturated rings. The Bertz CT molecular complexity index is 948. The smallest absolute Gasteiger partial charge is 1.00 e. The molecule has 0 saturated heterocycles. The Morgan fingerprint density at radius 2 is 0.968 bits per heavy atom. The van der Waals surface area contributed by atoms with Crippen molar-refractivity contribution in [3.05, 3.63) is 80.9 Å². The number of fused-ring (bicyclic) bond motifs is 2. The maximum Gasteiger partial charge on any atom is -1.00 e. The summed E-state index contributed by atoms with van der Waals surface area (Å²) in [6.45, 7) is 18.8.